The SMILES string of the molecule is COC(C)(C(=O)NCc1ccc(OC(C)=O)cc1)c1ccccc1F. The van der Waals surface area contributed by atoms with Crippen molar-refractivity contribution in [3.05, 3.63) is 65.5 Å². The van der Waals surface area contributed by atoms with Crippen molar-refractivity contribution >= 4 is 11.9 Å². The van der Waals surface area contributed by atoms with Crippen LogP contribution in [-0.4, -0.2) is 19.0 Å². The Morgan fingerprint density at radius 2 is 1.76 bits per heavy atom. The maximum Gasteiger partial charge on any atom is 0.308 e. The lowest BCUT2D eigenvalue weighted by Gasteiger charge is -2.27. The second-order valence-electron chi connectivity index (χ2n) is 5.64. The maximum atomic E-state index is 14.0. The minimum Gasteiger partial charge on any atom is -0.427 e. The van der Waals surface area contributed by atoms with Gasteiger partial charge in [0.05, 0.1) is 0 Å². The molecule has 0 saturated heterocycles. The molecule has 0 aliphatic carbocycles. The molecule has 1 unspecified atom stereocenters. The summed E-state index contributed by atoms with van der Waals surface area (Å²) in [4.78, 5) is 23.5. The first-order valence-corrected chi connectivity index (χ1v) is 7.72. The molecule has 2 rings (SSSR count). The molecule has 0 saturated carbocycles. The maximum absolute atomic E-state index is 14.0. The number of halogens is 1. The largest absolute Gasteiger partial charge is 0.427 e. The standard InChI is InChI=1S/C19H20FNO4/c1-13(22)25-15-10-8-14(9-11-15)12-21-18(23)19(2,24-3)16-6-4-5-7-17(16)20/h4-11H,12H2,1-3H3,(H,21,23). The van der Waals surface area contributed by atoms with E-state index in [1.807, 2.05) is 0 Å². The third-order valence-electron chi connectivity index (χ3n) is 3.87. The van der Waals surface area contributed by atoms with Crippen molar-refractivity contribution < 1.29 is 23.5 Å². The highest BCUT2D eigenvalue weighted by atomic mass is 19.1. The number of ether oxygens (including phenoxy) is 2. The summed E-state index contributed by atoms with van der Waals surface area (Å²) in [5, 5.41) is 2.74. The van der Waals surface area contributed by atoms with E-state index in [4.69, 9.17) is 9.47 Å². The van der Waals surface area contributed by atoms with Crippen molar-refractivity contribution in [1.82, 2.24) is 5.32 Å². The lowest BCUT2D eigenvalue weighted by molar-refractivity contribution is -0.143. The Morgan fingerprint density at radius 3 is 2.32 bits per heavy atom. The normalized spacial score (nSPS) is 13.0. The van der Waals surface area contributed by atoms with Gasteiger partial charge in [0.15, 0.2) is 5.60 Å². The summed E-state index contributed by atoms with van der Waals surface area (Å²) in [5.41, 5.74) is -0.473. The van der Waals surface area contributed by atoms with E-state index in [0.717, 1.165) is 5.56 Å². The van der Waals surface area contributed by atoms with E-state index in [0.29, 0.717) is 5.75 Å². The van der Waals surface area contributed by atoms with Crippen LogP contribution < -0.4 is 10.1 Å². The monoisotopic (exact) mass is 345 g/mol. The Balaban J connectivity index is 2.07. The number of nitrogens with one attached hydrogen (secondary N) is 1. The van der Waals surface area contributed by atoms with Crippen molar-refractivity contribution in [1.29, 1.82) is 0 Å². The van der Waals surface area contributed by atoms with Crippen molar-refractivity contribution in [2.45, 2.75) is 26.0 Å². The third kappa shape index (κ3) is 4.42. The summed E-state index contributed by atoms with van der Waals surface area (Å²) in [6, 6.07) is 12.7. The van der Waals surface area contributed by atoms with Gasteiger partial charge in [0, 0.05) is 26.1 Å². The molecule has 1 amide bonds. The Kier molecular flexibility index (Phi) is 5.88. The van der Waals surface area contributed by atoms with Gasteiger partial charge in [0.25, 0.3) is 5.91 Å². The van der Waals surface area contributed by atoms with Crippen LogP contribution in [0.1, 0.15) is 25.0 Å². The Bertz CT molecular complexity index is 760. The summed E-state index contributed by atoms with van der Waals surface area (Å²) in [6.45, 7) is 3.07. The Morgan fingerprint density at radius 1 is 1.12 bits per heavy atom. The van der Waals surface area contributed by atoms with Crippen LogP contribution >= 0.6 is 0 Å². The minimum atomic E-state index is -1.44. The lowest BCUT2D eigenvalue weighted by Crippen LogP contribution is -2.44. The number of esters is 1. The number of hydrogen-bond donors (Lipinski definition) is 1. The molecule has 2 aromatic rings. The van der Waals surface area contributed by atoms with Crippen molar-refractivity contribution in [3.8, 4) is 5.75 Å². The quantitative estimate of drug-likeness (QED) is 0.646. The third-order valence-corrected chi connectivity index (χ3v) is 3.87. The minimum absolute atomic E-state index is 0.167. The highest BCUT2D eigenvalue weighted by Gasteiger charge is 2.37. The molecule has 1 N–H and O–H groups in total. The van der Waals surface area contributed by atoms with E-state index in [1.165, 1.54) is 33.1 Å². The van der Waals surface area contributed by atoms with Crippen molar-refractivity contribution in [3.63, 3.8) is 0 Å². The second kappa shape index (κ2) is 7.90. The summed E-state index contributed by atoms with van der Waals surface area (Å²) < 4.78 is 24.3. The zero-order valence-electron chi connectivity index (χ0n) is 14.3. The van der Waals surface area contributed by atoms with Crippen LogP contribution in [0.4, 0.5) is 4.39 Å². The fourth-order valence-corrected chi connectivity index (χ4v) is 2.37. The number of carbonyl (C=O) groups is 2. The first kappa shape index (κ1) is 18.6. The lowest BCUT2D eigenvalue weighted by atomic mass is 9.94. The molecule has 0 heterocycles. The number of carbonyl (C=O) groups excluding carboxylic acids is 2. The molecule has 1 atom stereocenters. The van der Waals surface area contributed by atoms with Gasteiger partial charge < -0.3 is 14.8 Å². The van der Waals surface area contributed by atoms with Crippen LogP contribution in [0.15, 0.2) is 48.5 Å². The smallest absolute Gasteiger partial charge is 0.308 e. The predicted octanol–water partition coefficient (Wildman–Crippen LogP) is 2.93. The molecule has 0 bridgehead atoms. The van der Waals surface area contributed by atoms with Crippen LogP contribution in [0.2, 0.25) is 0 Å². The molecular weight excluding hydrogens is 325 g/mol. The average Bonchev–Trinajstić information content (AvgIpc) is 2.60. The van der Waals surface area contributed by atoms with E-state index >= 15 is 0 Å². The van der Waals surface area contributed by atoms with Crippen molar-refractivity contribution in [2.24, 2.45) is 0 Å². The number of amides is 1. The molecule has 6 heteroatoms. The van der Waals surface area contributed by atoms with Crippen LogP contribution in [0, 0.1) is 5.82 Å². The van der Waals surface area contributed by atoms with Gasteiger partial charge in [-0.05, 0) is 30.7 Å². The number of benzene rings is 2. The molecule has 5 nitrogen and oxygen atoms in total. The Labute approximate surface area is 145 Å². The summed E-state index contributed by atoms with van der Waals surface area (Å²) >= 11 is 0. The molecular formula is C19H20FNO4. The molecule has 25 heavy (non-hydrogen) atoms. The van der Waals surface area contributed by atoms with Gasteiger partial charge in [-0.2, -0.15) is 0 Å². The molecule has 0 aliphatic rings. The zero-order chi connectivity index (χ0) is 18.4. The topological polar surface area (TPSA) is 64.6 Å². The molecule has 132 valence electrons. The fourth-order valence-electron chi connectivity index (χ4n) is 2.37. The number of rotatable bonds is 6. The molecule has 0 fully saturated rings. The van der Waals surface area contributed by atoms with Gasteiger partial charge >= 0.3 is 5.97 Å². The first-order chi connectivity index (χ1) is 11.9. The van der Waals surface area contributed by atoms with Gasteiger partial charge in [-0.1, -0.05) is 30.3 Å². The van der Waals surface area contributed by atoms with Crippen LogP contribution in [0.3, 0.4) is 0 Å². The van der Waals surface area contributed by atoms with E-state index in [1.54, 1.807) is 36.4 Å². The van der Waals surface area contributed by atoms with E-state index in [2.05, 4.69) is 5.32 Å². The molecule has 2 aromatic carbocycles. The molecule has 0 radical (unpaired) electrons. The fraction of sp³-hybridized carbons (Fsp3) is 0.263. The van der Waals surface area contributed by atoms with Gasteiger partial charge in [-0.3, -0.25) is 9.59 Å². The Hall–Kier alpha value is -2.73. The van der Waals surface area contributed by atoms with Gasteiger partial charge in [0.2, 0.25) is 0 Å². The van der Waals surface area contributed by atoms with Crippen LogP contribution in [0.25, 0.3) is 0 Å². The molecule has 0 spiro atoms. The highest BCUT2D eigenvalue weighted by Crippen LogP contribution is 2.27. The van der Waals surface area contributed by atoms with Gasteiger partial charge in [0.1, 0.15) is 11.6 Å². The number of hydrogen-bond acceptors (Lipinski definition) is 4. The average molecular weight is 345 g/mol. The summed E-state index contributed by atoms with van der Waals surface area (Å²) in [5.74, 6) is -0.936. The number of methoxy groups -OCH3 is 1. The molecule has 0 aromatic heterocycles. The van der Waals surface area contributed by atoms with E-state index in [9.17, 15) is 14.0 Å². The van der Waals surface area contributed by atoms with Gasteiger partial charge in [-0.15, -0.1) is 0 Å². The van der Waals surface area contributed by atoms with Crippen LogP contribution in [-0.2, 0) is 26.5 Å². The second-order valence-corrected chi connectivity index (χ2v) is 5.64. The summed E-state index contributed by atoms with van der Waals surface area (Å²) in [7, 11) is 1.36. The highest BCUT2D eigenvalue weighted by molar-refractivity contribution is 5.86. The van der Waals surface area contributed by atoms with Crippen LogP contribution in [0.5, 0.6) is 5.75 Å². The molecule has 0 aliphatic heterocycles. The summed E-state index contributed by atoms with van der Waals surface area (Å²) in [6.07, 6.45) is 0. The van der Waals surface area contributed by atoms with E-state index in [-0.39, 0.29) is 12.1 Å². The first-order valence-electron chi connectivity index (χ1n) is 7.72. The van der Waals surface area contributed by atoms with Gasteiger partial charge in [-0.25, -0.2) is 4.39 Å². The zero-order valence-corrected chi connectivity index (χ0v) is 14.3. The van der Waals surface area contributed by atoms with E-state index < -0.39 is 23.3 Å². The predicted molar refractivity (Wildman–Crippen MR) is 90.4 cm³/mol. The van der Waals surface area contributed by atoms with Crippen molar-refractivity contribution in [2.75, 3.05) is 7.11 Å².